The van der Waals surface area contributed by atoms with Gasteiger partial charge < -0.3 is 4.74 Å². The van der Waals surface area contributed by atoms with Gasteiger partial charge in [0.05, 0.1) is 12.7 Å². The molecule has 4 rings (SSSR count). The number of rotatable bonds is 4. The number of hydrogen-bond donors (Lipinski definition) is 0. The number of hydrogen-bond acceptors (Lipinski definition) is 5. The van der Waals surface area contributed by atoms with Gasteiger partial charge in [0, 0.05) is 11.8 Å². The highest BCUT2D eigenvalue weighted by atomic mass is 16.5. The molecule has 0 saturated carbocycles. The molecule has 0 amide bonds. The van der Waals surface area contributed by atoms with Gasteiger partial charge in [0.25, 0.3) is 0 Å². The fourth-order valence-corrected chi connectivity index (χ4v) is 2.81. The molecule has 0 spiro atoms. The molecule has 0 bridgehead atoms. The van der Waals surface area contributed by atoms with Crippen molar-refractivity contribution in [2.24, 2.45) is 10.2 Å². The molecule has 2 aromatic carbocycles. The van der Waals surface area contributed by atoms with Crippen molar-refractivity contribution < 1.29 is 9.53 Å². The predicted octanol–water partition coefficient (Wildman–Crippen LogP) is 5.20. The first-order valence-electron chi connectivity index (χ1n) is 8.39. The van der Waals surface area contributed by atoms with E-state index in [0.717, 1.165) is 16.9 Å². The van der Waals surface area contributed by atoms with Gasteiger partial charge in [-0.2, -0.15) is 0 Å². The van der Waals surface area contributed by atoms with E-state index in [4.69, 9.17) is 4.74 Å². The molecule has 2 heterocycles. The Kier molecular flexibility index (Phi) is 4.45. The zero-order valence-electron chi connectivity index (χ0n) is 14.6. The van der Waals surface area contributed by atoms with Gasteiger partial charge in [0.2, 0.25) is 0 Å². The molecule has 0 radical (unpaired) electrons. The molecule has 6 heteroatoms. The van der Waals surface area contributed by atoms with Gasteiger partial charge in [0.1, 0.15) is 17.0 Å². The van der Waals surface area contributed by atoms with Crippen molar-refractivity contribution >= 4 is 23.1 Å². The van der Waals surface area contributed by atoms with Crippen LogP contribution >= 0.6 is 0 Å². The lowest BCUT2D eigenvalue weighted by atomic mass is 10.1. The maximum Gasteiger partial charge on any atom is 0.340 e. The van der Waals surface area contributed by atoms with Crippen LogP contribution in [0.25, 0.3) is 16.9 Å². The second-order valence-corrected chi connectivity index (χ2v) is 5.79. The van der Waals surface area contributed by atoms with E-state index in [1.54, 1.807) is 24.3 Å². The van der Waals surface area contributed by atoms with Crippen LogP contribution in [0.3, 0.4) is 0 Å². The quantitative estimate of drug-likeness (QED) is 0.373. The Morgan fingerprint density at radius 1 is 0.926 bits per heavy atom. The zero-order valence-corrected chi connectivity index (χ0v) is 14.6. The number of azo groups is 1. The highest BCUT2D eigenvalue weighted by Crippen LogP contribution is 2.32. The summed E-state index contributed by atoms with van der Waals surface area (Å²) in [6, 6.07) is 22.5. The van der Waals surface area contributed by atoms with E-state index in [-0.39, 0.29) is 0 Å². The van der Waals surface area contributed by atoms with Crippen LogP contribution in [0.5, 0.6) is 0 Å². The Morgan fingerprint density at radius 3 is 2.48 bits per heavy atom. The third kappa shape index (κ3) is 3.20. The summed E-state index contributed by atoms with van der Waals surface area (Å²) in [4.78, 5) is 16.6. The van der Waals surface area contributed by atoms with Crippen LogP contribution in [0.2, 0.25) is 0 Å². The molecule has 0 aliphatic carbocycles. The molecule has 0 saturated heterocycles. The van der Waals surface area contributed by atoms with Crippen LogP contribution in [0, 0.1) is 0 Å². The Bertz CT molecular complexity index is 1130. The van der Waals surface area contributed by atoms with Gasteiger partial charge in [-0.05, 0) is 24.3 Å². The predicted molar refractivity (Wildman–Crippen MR) is 103 cm³/mol. The summed E-state index contributed by atoms with van der Waals surface area (Å²) in [6.07, 6.45) is 1.88. The molecule has 2 aromatic heterocycles. The fourth-order valence-electron chi connectivity index (χ4n) is 2.81. The third-order valence-corrected chi connectivity index (χ3v) is 4.11. The Morgan fingerprint density at radius 2 is 1.67 bits per heavy atom. The maximum absolute atomic E-state index is 12.0. The standard InChI is InChI=1S/C21H16N4O2/c1-27-21(26)16-11-5-6-12-17(16)23-24-20-19(15-9-3-2-4-10-15)22-18-13-7-8-14-25(18)20/h2-14H,1H3. The first-order chi connectivity index (χ1) is 13.3. The largest absolute Gasteiger partial charge is 0.465 e. The maximum atomic E-state index is 12.0. The number of methoxy groups -OCH3 is 1. The molecule has 0 aliphatic heterocycles. The molecule has 4 aromatic rings. The second-order valence-electron chi connectivity index (χ2n) is 5.79. The van der Waals surface area contributed by atoms with Gasteiger partial charge >= 0.3 is 5.97 Å². The summed E-state index contributed by atoms with van der Waals surface area (Å²) < 4.78 is 6.69. The average Bonchev–Trinajstić information content (AvgIpc) is 3.11. The minimum absolute atomic E-state index is 0.360. The number of imidazole rings is 1. The zero-order chi connectivity index (χ0) is 18.6. The highest BCUT2D eigenvalue weighted by Gasteiger charge is 2.15. The Labute approximate surface area is 155 Å². The number of carbonyl (C=O) groups excluding carboxylic acids is 1. The number of nitrogens with zero attached hydrogens (tertiary/aromatic N) is 4. The highest BCUT2D eigenvalue weighted by molar-refractivity contribution is 5.94. The number of ether oxygens (including phenoxy) is 1. The van der Waals surface area contributed by atoms with E-state index in [2.05, 4.69) is 15.2 Å². The molecule has 0 unspecified atom stereocenters. The van der Waals surface area contributed by atoms with Crippen LogP contribution in [0.15, 0.2) is 89.2 Å². The summed E-state index contributed by atoms with van der Waals surface area (Å²) in [5.74, 6) is 0.141. The number of carbonyl (C=O) groups is 1. The van der Waals surface area contributed by atoms with Crippen LogP contribution in [0.4, 0.5) is 11.5 Å². The van der Waals surface area contributed by atoms with E-state index in [1.165, 1.54) is 7.11 Å². The number of benzene rings is 2. The SMILES string of the molecule is COC(=O)c1ccccc1N=Nc1c(-c2ccccc2)nc2ccccn12. The monoisotopic (exact) mass is 356 g/mol. The topological polar surface area (TPSA) is 68.3 Å². The molecule has 0 N–H and O–H groups in total. The van der Waals surface area contributed by atoms with E-state index >= 15 is 0 Å². The van der Waals surface area contributed by atoms with E-state index in [1.807, 2.05) is 59.1 Å². The summed E-state index contributed by atoms with van der Waals surface area (Å²) in [5.41, 5.74) is 3.23. The van der Waals surface area contributed by atoms with E-state index in [9.17, 15) is 4.79 Å². The van der Waals surface area contributed by atoms with Crippen LogP contribution in [-0.2, 0) is 4.74 Å². The summed E-state index contributed by atoms with van der Waals surface area (Å²) in [5, 5.41) is 8.75. The lowest BCUT2D eigenvalue weighted by Gasteiger charge is -2.03. The molecule has 6 nitrogen and oxygen atoms in total. The fraction of sp³-hybridized carbons (Fsp3) is 0.0476. The molecule has 132 valence electrons. The Hall–Kier alpha value is -3.80. The van der Waals surface area contributed by atoms with Crippen LogP contribution in [-0.4, -0.2) is 22.5 Å². The van der Waals surface area contributed by atoms with Crippen molar-refractivity contribution in [1.82, 2.24) is 9.38 Å². The van der Waals surface area contributed by atoms with Gasteiger partial charge in [-0.15, -0.1) is 10.2 Å². The smallest absolute Gasteiger partial charge is 0.340 e. The van der Waals surface area contributed by atoms with Crippen molar-refractivity contribution in [2.45, 2.75) is 0 Å². The van der Waals surface area contributed by atoms with Gasteiger partial charge in [0.15, 0.2) is 5.82 Å². The lowest BCUT2D eigenvalue weighted by molar-refractivity contribution is 0.0601. The van der Waals surface area contributed by atoms with E-state index in [0.29, 0.717) is 17.1 Å². The molecule has 0 atom stereocenters. The van der Waals surface area contributed by atoms with Crippen LogP contribution < -0.4 is 0 Å². The van der Waals surface area contributed by atoms with Crippen molar-refractivity contribution in [3.05, 3.63) is 84.6 Å². The average molecular weight is 356 g/mol. The van der Waals surface area contributed by atoms with Crippen molar-refractivity contribution in [3.63, 3.8) is 0 Å². The normalized spacial score (nSPS) is 11.1. The minimum Gasteiger partial charge on any atom is -0.465 e. The van der Waals surface area contributed by atoms with Gasteiger partial charge in [-0.25, -0.2) is 9.78 Å². The van der Waals surface area contributed by atoms with Crippen molar-refractivity contribution in [1.29, 1.82) is 0 Å². The molecule has 27 heavy (non-hydrogen) atoms. The second kappa shape index (κ2) is 7.21. The Balaban J connectivity index is 1.85. The van der Waals surface area contributed by atoms with Crippen molar-refractivity contribution in [3.8, 4) is 11.3 Å². The number of aromatic nitrogens is 2. The lowest BCUT2D eigenvalue weighted by Crippen LogP contribution is -2.00. The first kappa shape index (κ1) is 16.7. The molecular formula is C21H16N4O2. The van der Waals surface area contributed by atoms with E-state index < -0.39 is 5.97 Å². The summed E-state index contributed by atoms with van der Waals surface area (Å²) in [7, 11) is 1.34. The van der Waals surface area contributed by atoms with Crippen LogP contribution in [0.1, 0.15) is 10.4 Å². The number of pyridine rings is 1. The summed E-state index contributed by atoms with van der Waals surface area (Å²) in [6.45, 7) is 0. The first-order valence-corrected chi connectivity index (χ1v) is 8.39. The van der Waals surface area contributed by atoms with Crippen molar-refractivity contribution in [2.75, 3.05) is 7.11 Å². The molecule has 0 fully saturated rings. The third-order valence-electron chi connectivity index (χ3n) is 4.11. The molecular weight excluding hydrogens is 340 g/mol. The van der Waals surface area contributed by atoms with Gasteiger partial charge in [-0.3, -0.25) is 4.40 Å². The summed E-state index contributed by atoms with van der Waals surface area (Å²) >= 11 is 0. The van der Waals surface area contributed by atoms with Gasteiger partial charge in [-0.1, -0.05) is 48.5 Å². The number of fused-ring (bicyclic) bond motifs is 1. The molecule has 0 aliphatic rings. The minimum atomic E-state index is -0.453. The number of esters is 1.